The molecule has 0 aliphatic heterocycles. The highest BCUT2D eigenvalue weighted by Gasteiger charge is 2.14. The molecule has 0 amide bonds. The molecule has 0 aromatic carbocycles. The van der Waals surface area contributed by atoms with Gasteiger partial charge in [-0.2, -0.15) is 5.10 Å². The second kappa shape index (κ2) is 7.68. The highest BCUT2D eigenvalue weighted by atomic mass is 15.3. The van der Waals surface area contributed by atoms with Crippen LogP contribution in [-0.4, -0.2) is 16.3 Å². The van der Waals surface area contributed by atoms with Gasteiger partial charge in [-0.3, -0.25) is 4.68 Å². The zero-order valence-corrected chi connectivity index (χ0v) is 13.5. The number of aryl methyl sites for hydroxylation is 1. The summed E-state index contributed by atoms with van der Waals surface area (Å²) in [7, 11) is 0. The first-order valence-electron chi connectivity index (χ1n) is 7.67. The van der Waals surface area contributed by atoms with Gasteiger partial charge in [0.2, 0.25) is 0 Å². The van der Waals surface area contributed by atoms with Gasteiger partial charge in [-0.1, -0.05) is 41.5 Å². The van der Waals surface area contributed by atoms with Crippen LogP contribution in [0.3, 0.4) is 0 Å². The third kappa shape index (κ3) is 5.35. The molecule has 110 valence electrons. The summed E-state index contributed by atoms with van der Waals surface area (Å²) in [6, 6.07) is 0. The van der Waals surface area contributed by atoms with Crippen molar-refractivity contribution in [3.63, 3.8) is 0 Å². The lowest BCUT2D eigenvalue weighted by Crippen LogP contribution is -2.20. The summed E-state index contributed by atoms with van der Waals surface area (Å²) in [6.07, 6.45) is 3.24. The summed E-state index contributed by atoms with van der Waals surface area (Å²) < 4.78 is 2.21. The first kappa shape index (κ1) is 16.2. The summed E-state index contributed by atoms with van der Waals surface area (Å²) in [4.78, 5) is 0. The van der Waals surface area contributed by atoms with E-state index in [1.54, 1.807) is 0 Å². The number of nitrogens with zero attached hydrogens (tertiary/aromatic N) is 2. The van der Waals surface area contributed by atoms with Gasteiger partial charge in [-0.15, -0.1) is 0 Å². The van der Waals surface area contributed by atoms with Crippen molar-refractivity contribution in [1.82, 2.24) is 15.1 Å². The van der Waals surface area contributed by atoms with Crippen LogP contribution >= 0.6 is 0 Å². The minimum Gasteiger partial charge on any atom is -0.312 e. The molecule has 0 bridgehead atoms. The maximum atomic E-state index is 4.58. The van der Waals surface area contributed by atoms with Crippen LogP contribution in [0.4, 0.5) is 0 Å². The molecule has 19 heavy (non-hydrogen) atoms. The monoisotopic (exact) mass is 265 g/mol. The summed E-state index contributed by atoms with van der Waals surface area (Å²) in [6.45, 7) is 16.6. The molecule has 0 aliphatic carbocycles. The van der Waals surface area contributed by atoms with Crippen molar-refractivity contribution in [1.29, 1.82) is 0 Å². The fourth-order valence-corrected chi connectivity index (χ4v) is 2.29. The van der Waals surface area contributed by atoms with Gasteiger partial charge in [0.15, 0.2) is 0 Å². The minimum atomic E-state index is 0.533. The quantitative estimate of drug-likeness (QED) is 0.775. The molecule has 1 heterocycles. The lowest BCUT2D eigenvalue weighted by atomic mass is 10.0. The molecule has 3 nitrogen and oxygen atoms in total. The van der Waals surface area contributed by atoms with Crippen molar-refractivity contribution in [3.05, 3.63) is 17.5 Å². The zero-order chi connectivity index (χ0) is 14.4. The van der Waals surface area contributed by atoms with Crippen LogP contribution in [0, 0.1) is 11.8 Å². The average molecular weight is 265 g/mol. The van der Waals surface area contributed by atoms with E-state index in [9.17, 15) is 0 Å². The van der Waals surface area contributed by atoms with Gasteiger partial charge in [0.05, 0.1) is 6.20 Å². The molecule has 1 aromatic rings. The van der Waals surface area contributed by atoms with Gasteiger partial charge in [0.1, 0.15) is 0 Å². The first-order valence-corrected chi connectivity index (χ1v) is 7.67. The van der Waals surface area contributed by atoms with Crippen LogP contribution in [0.2, 0.25) is 0 Å². The van der Waals surface area contributed by atoms with E-state index in [-0.39, 0.29) is 0 Å². The lowest BCUT2D eigenvalue weighted by molar-refractivity contribution is 0.468. The molecule has 3 heteroatoms. The van der Waals surface area contributed by atoms with E-state index in [1.165, 1.54) is 17.7 Å². The molecule has 0 atom stereocenters. The first-order chi connectivity index (χ1) is 8.91. The molecule has 1 N–H and O–H groups in total. The molecule has 0 radical (unpaired) electrons. The number of aromatic nitrogens is 2. The van der Waals surface area contributed by atoms with E-state index >= 15 is 0 Å². The Morgan fingerprint density at radius 3 is 2.32 bits per heavy atom. The Morgan fingerprint density at radius 1 is 1.11 bits per heavy atom. The Morgan fingerprint density at radius 2 is 1.79 bits per heavy atom. The van der Waals surface area contributed by atoms with Crippen molar-refractivity contribution < 1.29 is 0 Å². The summed E-state index contributed by atoms with van der Waals surface area (Å²) in [5, 5.41) is 8.11. The van der Waals surface area contributed by atoms with Gasteiger partial charge in [-0.25, -0.2) is 0 Å². The van der Waals surface area contributed by atoms with Crippen molar-refractivity contribution in [2.24, 2.45) is 11.8 Å². The van der Waals surface area contributed by atoms with E-state index in [2.05, 4.69) is 56.6 Å². The lowest BCUT2D eigenvalue weighted by Gasteiger charge is -2.14. The second-order valence-electron chi connectivity index (χ2n) is 6.64. The fraction of sp³-hybridized carbons (Fsp3) is 0.812. The summed E-state index contributed by atoms with van der Waals surface area (Å²) in [5.41, 5.74) is 2.76. The Kier molecular flexibility index (Phi) is 6.56. The van der Waals surface area contributed by atoms with Crippen LogP contribution in [-0.2, 0) is 13.1 Å². The normalized spacial score (nSPS) is 12.1. The van der Waals surface area contributed by atoms with Crippen LogP contribution < -0.4 is 5.32 Å². The summed E-state index contributed by atoms with van der Waals surface area (Å²) >= 11 is 0. The van der Waals surface area contributed by atoms with E-state index < -0.39 is 0 Å². The molecular weight excluding hydrogens is 234 g/mol. The van der Waals surface area contributed by atoms with Gasteiger partial charge in [0, 0.05) is 24.3 Å². The number of hydrogen-bond acceptors (Lipinski definition) is 2. The minimum absolute atomic E-state index is 0.533. The van der Waals surface area contributed by atoms with Crippen molar-refractivity contribution >= 4 is 0 Å². The smallest absolute Gasteiger partial charge is 0.0537 e. The Bertz CT molecular complexity index is 364. The molecule has 0 saturated carbocycles. The highest BCUT2D eigenvalue weighted by molar-refractivity contribution is 5.21. The Balaban J connectivity index is 2.70. The van der Waals surface area contributed by atoms with Crippen LogP contribution in [0.5, 0.6) is 0 Å². The predicted molar refractivity (Wildman–Crippen MR) is 82.3 cm³/mol. The van der Waals surface area contributed by atoms with Gasteiger partial charge >= 0.3 is 0 Å². The Labute approximate surface area is 118 Å². The van der Waals surface area contributed by atoms with Crippen molar-refractivity contribution in [2.45, 2.75) is 67.0 Å². The maximum Gasteiger partial charge on any atom is 0.0537 e. The maximum absolute atomic E-state index is 4.58. The molecular formula is C16H31N3. The van der Waals surface area contributed by atoms with E-state index in [0.717, 1.165) is 25.6 Å². The second-order valence-corrected chi connectivity index (χ2v) is 6.64. The van der Waals surface area contributed by atoms with Gasteiger partial charge < -0.3 is 5.32 Å². The van der Waals surface area contributed by atoms with Gasteiger partial charge in [0.25, 0.3) is 0 Å². The fourth-order valence-electron chi connectivity index (χ4n) is 2.29. The van der Waals surface area contributed by atoms with Crippen LogP contribution in [0.25, 0.3) is 0 Å². The van der Waals surface area contributed by atoms with Crippen molar-refractivity contribution in [3.8, 4) is 0 Å². The standard InChI is InChI=1S/C16H31N3/c1-12(2)7-8-19-16(14(5)6)15(11-18-19)10-17-9-13(3)4/h11-14,17H,7-10H2,1-6H3. The molecule has 0 fully saturated rings. The van der Waals surface area contributed by atoms with Gasteiger partial charge in [-0.05, 0) is 30.7 Å². The van der Waals surface area contributed by atoms with Crippen LogP contribution in [0.15, 0.2) is 6.20 Å². The molecule has 1 aromatic heterocycles. The topological polar surface area (TPSA) is 29.9 Å². The Hall–Kier alpha value is -0.830. The zero-order valence-electron chi connectivity index (χ0n) is 13.5. The number of nitrogens with one attached hydrogen (secondary N) is 1. The van der Waals surface area contributed by atoms with E-state index in [0.29, 0.717) is 11.8 Å². The highest BCUT2D eigenvalue weighted by Crippen LogP contribution is 2.20. The largest absolute Gasteiger partial charge is 0.312 e. The predicted octanol–water partition coefficient (Wildman–Crippen LogP) is 3.80. The number of rotatable bonds is 8. The van der Waals surface area contributed by atoms with Crippen LogP contribution in [0.1, 0.15) is 65.1 Å². The molecule has 0 aliphatic rings. The SMILES string of the molecule is CC(C)CCn1ncc(CNCC(C)C)c1C(C)C. The van der Waals surface area contributed by atoms with E-state index in [1.807, 2.05) is 6.20 Å². The van der Waals surface area contributed by atoms with E-state index in [4.69, 9.17) is 0 Å². The molecule has 0 unspecified atom stereocenters. The summed E-state index contributed by atoms with van der Waals surface area (Å²) in [5.74, 6) is 1.95. The average Bonchev–Trinajstić information content (AvgIpc) is 2.69. The third-order valence-electron chi connectivity index (χ3n) is 3.29. The molecule has 0 spiro atoms. The number of hydrogen-bond donors (Lipinski definition) is 1. The molecule has 1 rings (SSSR count). The third-order valence-corrected chi connectivity index (χ3v) is 3.29. The van der Waals surface area contributed by atoms with Crippen molar-refractivity contribution in [2.75, 3.05) is 6.54 Å². The molecule has 0 saturated heterocycles.